The van der Waals surface area contributed by atoms with E-state index in [1.165, 1.54) is 6.92 Å². The third kappa shape index (κ3) is 8.59. The van der Waals surface area contributed by atoms with E-state index in [4.69, 9.17) is 15.2 Å². The summed E-state index contributed by atoms with van der Waals surface area (Å²) in [7, 11) is 0. The molecule has 0 aromatic carbocycles. The van der Waals surface area contributed by atoms with Gasteiger partial charge in [-0.3, -0.25) is 9.59 Å². The van der Waals surface area contributed by atoms with Gasteiger partial charge >= 0.3 is 11.9 Å². The molecule has 19 heavy (non-hydrogen) atoms. The van der Waals surface area contributed by atoms with Crippen LogP contribution >= 0.6 is 0 Å². The van der Waals surface area contributed by atoms with Crippen LogP contribution in [0.5, 0.6) is 0 Å². The molecule has 0 fully saturated rings. The molecule has 0 saturated heterocycles. The first kappa shape index (κ1) is 17.9. The molecule has 112 valence electrons. The van der Waals surface area contributed by atoms with E-state index in [1.807, 2.05) is 0 Å². The van der Waals surface area contributed by atoms with Crippen LogP contribution in [0.4, 0.5) is 0 Å². The summed E-state index contributed by atoms with van der Waals surface area (Å²) in [5.41, 5.74) is 5.63. The van der Waals surface area contributed by atoms with Crippen LogP contribution in [-0.4, -0.2) is 24.8 Å². The van der Waals surface area contributed by atoms with E-state index in [9.17, 15) is 9.59 Å². The van der Waals surface area contributed by atoms with E-state index >= 15 is 0 Å². The number of nitrogens with two attached hydrogens (primary N) is 1. The van der Waals surface area contributed by atoms with Crippen molar-refractivity contribution in [2.75, 3.05) is 6.54 Å². The van der Waals surface area contributed by atoms with E-state index in [0.29, 0.717) is 12.5 Å². The number of hydrogen-bond acceptors (Lipinski definition) is 5. The van der Waals surface area contributed by atoms with Crippen LogP contribution in [0.3, 0.4) is 0 Å². The zero-order valence-corrected chi connectivity index (χ0v) is 12.6. The maximum atomic E-state index is 11.7. The maximum absolute atomic E-state index is 11.7. The molecule has 0 heterocycles. The predicted octanol–water partition coefficient (Wildman–Crippen LogP) is 2.09. The molecule has 0 rings (SSSR count). The van der Waals surface area contributed by atoms with Gasteiger partial charge in [0.15, 0.2) is 0 Å². The Morgan fingerprint density at radius 1 is 1.05 bits per heavy atom. The Labute approximate surface area is 115 Å². The van der Waals surface area contributed by atoms with E-state index < -0.39 is 6.29 Å². The number of esters is 2. The molecule has 0 aliphatic heterocycles. The first-order chi connectivity index (χ1) is 8.76. The van der Waals surface area contributed by atoms with Crippen molar-refractivity contribution in [3.63, 3.8) is 0 Å². The summed E-state index contributed by atoms with van der Waals surface area (Å²) < 4.78 is 10.0. The average molecular weight is 273 g/mol. The number of hydrogen-bond donors (Lipinski definition) is 1. The Hall–Kier alpha value is -1.10. The topological polar surface area (TPSA) is 78.6 Å². The normalized spacial score (nSPS) is 14.3. The van der Waals surface area contributed by atoms with Crippen molar-refractivity contribution in [1.29, 1.82) is 0 Å². The van der Waals surface area contributed by atoms with Crippen LogP contribution in [0.2, 0.25) is 0 Å². The zero-order valence-electron chi connectivity index (χ0n) is 12.6. The summed E-state index contributed by atoms with van der Waals surface area (Å²) in [6, 6.07) is 0. The molecular formula is C14H27NO4. The third-order valence-electron chi connectivity index (χ3n) is 2.64. The molecule has 2 N–H and O–H groups in total. The van der Waals surface area contributed by atoms with Crippen LogP contribution in [0.15, 0.2) is 0 Å². The lowest BCUT2D eigenvalue weighted by Gasteiger charge is -2.19. The smallest absolute Gasteiger partial charge is 0.311 e. The third-order valence-corrected chi connectivity index (χ3v) is 2.64. The first-order valence-corrected chi connectivity index (χ1v) is 6.86. The lowest BCUT2D eigenvalue weighted by molar-refractivity contribution is -0.187. The summed E-state index contributed by atoms with van der Waals surface area (Å²) in [6.07, 6.45) is 0.296. The van der Waals surface area contributed by atoms with Gasteiger partial charge in [0.25, 0.3) is 0 Å². The van der Waals surface area contributed by atoms with E-state index in [-0.39, 0.29) is 30.2 Å². The Bertz CT molecular complexity index is 289. The Kier molecular flexibility index (Phi) is 8.39. The number of carbonyl (C=O) groups is 2. The molecule has 0 aliphatic carbocycles. The Balaban J connectivity index is 4.11. The molecule has 5 nitrogen and oxygen atoms in total. The standard InChI is InChI=1S/C14H27NO4/c1-9(2)6-12(8-15)7-13(16)18-11(5)19-14(17)10(3)4/h9-12H,6-8,15H2,1-5H3/t11?,12-/m0/s1. The fraction of sp³-hybridized carbons (Fsp3) is 0.857. The molecule has 0 aromatic rings. The van der Waals surface area contributed by atoms with Gasteiger partial charge < -0.3 is 15.2 Å². The fourth-order valence-corrected chi connectivity index (χ4v) is 1.72. The van der Waals surface area contributed by atoms with E-state index in [1.54, 1.807) is 13.8 Å². The molecule has 2 atom stereocenters. The lowest BCUT2D eigenvalue weighted by atomic mass is 9.94. The second-order valence-corrected chi connectivity index (χ2v) is 5.58. The highest BCUT2D eigenvalue weighted by Gasteiger charge is 2.19. The summed E-state index contributed by atoms with van der Waals surface area (Å²) in [5, 5.41) is 0. The van der Waals surface area contributed by atoms with E-state index in [0.717, 1.165) is 6.42 Å². The van der Waals surface area contributed by atoms with Gasteiger partial charge in [-0.25, -0.2) is 0 Å². The minimum Gasteiger partial charge on any atom is -0.425 e. The van der Waals surface area contributed by atoms with Gasteiger partial charge in [0, 0.05) is 13.3 Å². The summed E-state index contributed by atoms with van der Waals surface area (Å²) >= 11 is 0. The molecule has 0 bridgehead atoms. The molecule has 0 radical (unpaired) electrons. The predicted molar refractivity (Wildman–Crippen MR) is 73.1 cm³/mol. The second kappa shape index (κ2) is 8.91. The second-order valence-electron chi connectivity index (χ2n) is 5.58. The van der Waals surface area contributed by atoms with E-state index in [2.05, 4.69) is 13.8 Å². The van der Waals surface area contributed by atoms with Crippen LogP contribution in [-0.2, 0) is 19.1 Å². The van der Waals surface area contributed by atoms with Gasteiger partial charge in [-0.15, -0.1) is 0 Å². The quantitative estimate of drug-likeness (QED) is 0.541. The average Bonchev–Trinajstić information content (AvgIpc) is 2.26. The number of rotatable bonds is 8. The van der Waals surface area contributed by atoms with Crippen molar-refractivity contribution >= 4 is 11.9 Å². The van der Waals surface area contributed by atoms with Crippen molar-refractivity contribution in [3.8, 4) is 0 Å². The summed E-state index contributed by atoms with van der Waals surface area (Å²) in [5.74, 6) is -0.394. The van der Waals surface area contributed by atoms with Crippen LogP contribution in [0.25, 0.3) is 0 Å². The largest absolute Gasteiger partial charge is 0.425 e. The molecule has 0 aromatic heterocycles. The van der Waals surface area contributed by atoms with Crippen molar-refractivity contribution in [1.82, 2.24) is 0 Å². The summed E-state index contributed by atoms with van der Waals surface area (Å²) in [4.78, 5) is 23.0. The summed E-state index contributed by atoms with van der Waals surface area (Å²) in [6.45, 7) is 9.61. The van der Waals surface area contributed by atoms with Gasteiger partial charge in [0.1, 0.15) is 0 Å². The van der Waals surface area contributed by atoms with Crippen LogP contribution in [0.1, 0.15) is 47.5 Å². The van der Waals surface area contributed by atoms with Crippen molar-refractivity contribution in [2.45, 2.75) is 53.8 Å². The van der Waals surface area contributed by atoms with Crippen LogP contribution < -0.4 is 5.73 Å². The van der Waals surface area contributed by atoms with Gasteiger partial charge in [-0.05, 0) is 24.8 Å². The van der Waals surface area contributed by atoms with Gasteiger partial charge in [0.05, 0.1) is 5.92 Å². The number of ether oxygens (including phenoxy) is 2. The highest BCUT2D eigenvalue weighted by Crippen LogP contribution is 2.15. The van der Waals surface area contributed by atoms with Gasteiger partial charge in [0.2, 0.25) is 6.29 Å². The monoisotopic (exact) mass is 273 g/mol. The molecule has 0 saturated carbocycles. The SMILES string of the molecule is CC(C)C[C@H](CN)CC(=O)OC(C)OC(=O)C(C)C. The van der Waals surface area contributed by atoms with Crippen molar-refractivity contribution in [3.05, 3.63) is 0 Å². The molecular weight excluding hydrogens is 246 g/mol. The highest BCUT2D eigenvalue weighted by molar-refractivity contribution is 5.72. The van der Waals surface area contributed by atoms with Crippen molar-refractivity contribution < 1.29 is 19.1 Å². The number of carbonyl (C=O) groups excluding carboxylic acids is 2. The molecule has 0 spiro atoms. The Morgan fingerprint density at radius 2 is 1.63 bits per heavy atom. The highest BCUT2D eigenvalue weighted by atomic mass is 16.7. The van der Waals surface area contributed by atoms with Crippen molar-refractivity contribution in [2.24, 2.45) is 23.5 Å². The first-order valence-electron chi connectivity index (χ1n) is 6.86. The van der Waals surface area contributed by atoms with Gasteiger partial charge in [-0.2, -0.15) is 0 Å². The Morgan fingerprint density at radius 3 is 2.05 bits per heavy atom. The fourth-order valence-electron chi connectivity index (χ4n) is 1.72. The maximum Gasteiger partial charge on any atom is 0.311 e. The van der Waals surface area contributed by atoms with Gasteiger partial charge in [-0.1, -0.05) is 27.7 Å². The molecule has 5 heteroatoms. The minimum atomic E-state index is -0.847. The molecule has 0 amide bonds. The molecule has 0 aliphatic rings. The van der Waals surface area contributed by atoms with Crippen LogP contribution in [0, 0.1) is 17.8 Å². The minimum absolute atomic E-state index is 0.112. The lowest BCUT2D eigenvalue weighted by Crippen LogP contribution is -2.27. The molecule has 1 unspecified atom stereocenters. The zero-order chi connectivity index (χ0) is 15.0.